The van der Waals surface area contributed by atoms with Crippen molar-refractivity contribution in [1.82, 2.24) is 10.2 Å². The van der Waals surface area contributed by atoms with E-state index in [1.807, 2.05) is 0 Å². The number of anilines is 1. The zero-order chi connectivity index (χ0) is 13.5. The number of carbonyl (C=O) groups is 1. The molecule has 2 N–H and O–H groups in total. The highest BCUT2D eigenvalue weighted by Gasteiger charge is 2.07. The van der Waals surface area contributed by atoms with Gasteiger partial charge in [0.25, 0.3) is 0 Å². The van der Waals surface area contributed by atoms with Crippen molar-refractivity contribution in [1.29, 1.82) is 0 Å². The molecule has 0 aliphatic heterocycles. The lowest BCUT2D eigenvalue weighted by Gasteiger charge is -2.14. The molecule has 1 unspecified atom stereocenters. The molecule has 100 valence electrons. The Morgan fingerprint density at radius 1 is 1.28 bits per heavy atom. The fraction of sp³-hybridized carbons (Fsp3) is 0.615. The van der Waals surface area contributed by atoms with E-state index in [-0.39, 0.29) is 5.69 Å². The summed E-state index contributed by atoms with van der Waals surface area (Å²) < 4.78 is 0. The summed E-state index contributed by atoms with van der Waals surface area (Å²) in [5.41, 5.74) is -0.0342. The summed E-state index contributed by atoms with van der Waals surface area (Å²) in [6.07, 6.45) is 3.46. The van der Waals surface area contributed by atoms with Crippen molar-refractivity contribution < 1.29 is 9.90 Å². The van der Waals surface area contributed by atoms with Crippen LogP contribution in [0.2, 0.25) is 0 Å². The number of carboxylic acids is 1. The van der Waals surface area contributed by atoms with Gasteiger partial charge in [-0.3, -0.25) is 0 Å². The molecule has 5 heteroatoms. The first kappa shape index (κ1) is 14.4. The second-order valence-electron chi connectivity index (χ2n) is 4.98. The van der Waals surface area contributed by atoms with Gasteiger partial charge in [-0.2, -0.15) is 0 Å². The molecule has 0 radical (unpaired) electrons. The van der Waals surface area contributed by atoms with Crippen LogP contribution in [0.15, 0.2) is 12.1 Å². The van der Waals surface area contributed by atoms with Crippen LogP contribution < -0.4 is 5.32 Å². The van der Waals surface area contributed by atoms with Gasteiger partial charge in [-0.25, -0.2) is 4.79 Å². The molecule has 0 bridgehead atoms. The molecule has 0 fully saturated rings. The highest BCUT2D eigenvalue weighted by atomic mass is 16.4. The summed E-state index contributed by atoms with van der Waals surface area (Å²) in [5.74, 6) is 0.294. The van der Waals surface area contributed by atoms with Crippen molar-refractivity contribution in [3.05, 3.63) is 17.8 Å². The van der Waals surface area contributed by atoms with Gasteiger partial charge in [-0.15, -0.1) is 10.2 Å². The summed E-state index contributed by atoms with van der Waals surface area (Å²) >= 11 is 0. The first-order valence-corrected chi connectivity index (χ1v) is 6.32. The molecule has 1 aromatic heterocycles. The number of nitrogens with one attached hydrogen (secondary N) is 1. The minimum Gasteiger partial charge on any atom is -0.476 e. The van der Waals surface area contributed by atoms with Crippen molar-refractivity contribution in [3.63, 3.8) is 0 Å². The monoisotopic (exact) mass is 251 g/mol. The van der Waals surface area contributed by atoms with Crippen LogP contribution >= 0.6 is 0 Å². The highest BCUT2D eigenvalue weighted by molar-refractivity contribution is 5.85. The van der Waals surface area contributed by atoms with Crippen molar-refractivity contribution >= 4 is 11.8 Å². The molecular weight excluding hydrogens is 230 g/mol. The first-order chi connectivity index (χ1) is 8.49. The van der Waals surface area contributed by atoms with Crippen molar-refractivity contribution in [2.24, 2.45) is 5.92 Å². The zero-order valence-corrected chi connectivity index (χ0v) is 11.2. The molecule has 1 aromatic rings. The van der Waals surface area contributed by atoms with Crippen LogP contribution in [0.4, 0.5) is 5.82 Å². The second kappa shape index (κ2) is 6.93. The SMILES string of the molecule is CC(C)CCCC(C)Nc1ccc(C(=O)O)nn1. The van der Waals surface area contributed by atoms with E-state index >= 15 is 0 Å². The molecule has 18 heavy (non-hydrogen) atoms. The van der Waals surface area contributed by atoms with Crippen LogP contribution in [0.1, 0.15) is 50.5 Å². The van der Waals surface area contributed by atoms with Gasteiger partial charge in [0.2, 0.25) is 0 Å². The Morgan fingerprint density at radius 2 is 2.00 bits per heavy atom. The molecular formula is C13H21N3O2. The molecule has 0 amide bonds. The highest BCUT2D eigenvalue weighted by Crippen LogP contribution is 2.11. The second-order valence-corrected chi connectivity index (χ2v) is 4.98. The molecule has 1 heterocycles. The quantitative estimate of drug-likeness (QED) is 0.779. The average Bonchev–Trinajstić information content (AvgIpc) is 2.29. The van der Waals surface area contributed by atoms with Gasteiger partial charge in [0.1, 0.15) is 5.82 Å². The number of rotatable bonds is 7. The Balaban J connectivity index is 2.39. The summed E-state index contributed by atoms with van der Waals surface area (Å²) in [4.78, 5) is 10.6. The topological polar surface area (TPSA) is 75.1 Å². The standard InChI is InChI=1S/C13H21N3O2/c1-9(2)5-4-6-10(3)14-12-8-7-11(13(17)18)15-16-12/h7-10H,4-6H2,1-3H3,(H,14,16)(H,17,18). The predicted octanol–water partition coefficient (Wildman–Crippen LogP) is 2.80. The third-order valence-corrected chi connectivity index (χ3v) is 2.70. The molecule has 0 aliphatic rings. The Kier molecular flexibility index (Phi) is 5.55. The van der Waals surface area contributed by atoms with Gasteiger partial charge in [0, 0.05) is 6.04 Å². The van der Waals surface area contributed by atoms with Crippen LogP contribution in [0, 0.1) is 5.92 Å². The number of nitrogens with zero attached hydrogens (tertiary/aromatic N) is 2. The van der Waals surface area contributed by atoms with Crippen LogP contribution in [0.3, 0.4) is 0 Å². The number of hydrogen-bond donors (Lipinski definition) is 2. The normalized spacial score (nSPS) is 12.4. The van der Waals surface area contributed by atoms with E-state index in [1.54, 1.807) is 6.07 Å². The van der Waals surface area contributed by atoms with Gasteiger partial charge >= 0.3 is 5.97 Å². The molecule has 0 saturated heterocycles. The Hall–Kier alpha value is -1.65. The lowest BCUT2D eigenvalue weighted by molar-refractivity contribution is 0.0689. The van der Waals surface area contributed by atoms with Gasteiger partial charge in [0.15, 0.2) is 5.69 Å². The van der Waals surface area contributed by atoms with Crippen LogP contribution in [-0.4, -0.2) is 27.3 Å². The zero-order valence-electron chi connectivity index (χ0n) is 11.2. The fourth-order valence-electron chi connectivity index (χ4n) is 1.68. The maximum absolute atomic E-state index is 10.6. The summed E-state index contributed by atoms with van der Waals surface area (Å²) in [6.45, 7) is 6.52. The van der Waals surface area contributed by atoms with E-state index in [1.165, 1.54) is 18.9 Å². The smallest absolute Gasteiger partial charge is 0.356 e. The Morgan fingerprint density at radius 3 is 2.50 bits per heavy atom. The minimum atomic E-state index is -1.06. The third kappa shape index (κ3) is 5.12. The predicted molar refractivity (Wildman–Crippen MR) is 70.8 cm³/mol. The summed E-state index contributed by atoms with van der Waals surface area (Å²) in [5, 5.41) is 19.4. The van der Waals surface area contributed by atoms with Gasteiger partial charge < -0.3 is 10.4 Å². The van der Waals surface area contributed by atoms with Gasteiger partial charge in [-0.05, 0) is 31.4 Å². The van der Waals surface area contributed by atoms with Crippen molar-refractivity contribution in [2.45, 2.75) is 46.1 Å². The maximum Gasteiger partial charge on any atom is 0.356 e. The number of aromatic nitrogens is 2. The number of carboxylic acid groups (broad SMARTS) is 1. The molecule has 0 spiro atoms. The summed E-state index contributed by atoms with van der Waals surface area (Å²) in [6, 6.07) is 3.42. The van der Waals surface area contributed by atoms with E-state index in [9.17, 15) is 4.79 Å². The van der Waals surface area contributed by atoms with Crippen molar-refractivity contribution in [2.75, 3.05) is 5.32 Å². The van der Waals surface area contributed by atoms with E-state index in [2.05, 4.69) is 36.3 Å². The lowest BCUT2D eigenvalue weighted by atomic mass is 10.0. The Labute approximate surface area is 108 Å². The number of aromatic carboxylic acids is 1. The van der Waals surface area contributed by atoms with Crippen molar-refractivity contribution in [3.8, 4) is 0 Å². The number of hydrogen-bond acceptors (Lipinski definition) is 4. The van der Waals surface area contributed by atoms with Gasteiger partial charge in [0.05, 0.1) is 0 Å². The fourth-order valence-corrected chi connectivity index (χ4v) is 1.68. The molecule has 1 rings (SSSR count). The van der Waals surface area contributed by atoms with E-state index in [0.29, 0.717) is 11.9 Å². The first-order valence-electron chi connectivity index (χ1n) is 6.32. The van der Waals surface area contributed by atoms with E-state index in [0.717, 1.165) is 12.3 Å². The van der Waals surface area contributed by atoms with E-state index in [4.69, 9.17) is 5.11 Å². The van der Waals surface area contributed by atoms with E-state index < -0.39 is 5.97 Å². The molecule has 1 atom stereocenters. The van der Waals surface area contributed by atoms with Crippen LogP contribution in [0.25, 0.3) is 0 Å². The molecule has 0 saturated carbocycles. The molecule has 5 nitrogen and oxygen atoms in total. The molecule has 0 aliphatic carbocycles. The largest absolute Gasteiger partial charge is 0.476 e. The summed E-state index contributed by atoms with van der Waals surface area (Å²) in [7, 11) is 0. The Bertz CT molecular complexity index is 376. The third-order valence-electron chi connectivity index (χ3n) is 2.70. The lowest BCUT2D eigenvalue weighted by Crippen LogP contribution is -2.17. The van der Waals surface area contributed by atoms with Crippen LogP contribution in [0.5, 0.6) is 0 Å². The van der Waals surface area contributed by atoms with Gasteiger partial charge in [-0.1, -0.05) is 26.7 Å². The molecule has 0 aromatic carbocycles. The average molecular weight is 251 g/mol. The van der Waals surface area contributed by atoms with Crippen LogP contribution in [-0.2, 0) is 0 Å². The maximum atomic E-state index is 10.6. The minimum absolute atomic E-state index is 0.0342.